The Morgan fingerprint density at radius 3 is 2.17 bits per heavy atom. The van der Waals surface area contributed by atoms with Crippen LogP contribution in [0.5, 0.6) is 0 Å². The topological polar surface area (TPSA) is 125 Å². The van der Waals surface area contributed by atoms with Crippen molar-refractivity contribution in [1.29, 1.82) is 0 Å². The van der Waals surface area contributed by atoms with Gasteiger partial charge in [0.2, 0.25) is 0 Å². The molecule has 1 heterocycles. The second-order valence-electron chi connectivity index (χ2n) is 3.43. The molecule has 0 spiro atoms. The van der Waals surface area contributed by atoms with Crippen molar-refractivity contribution in [3.05, 3.63) is 29.0 Å². The first kappa shape index (κ1) is 14.1. The van der Waals surface area contributed by atoms with Gasteiger partial charge < -0.3 is 15.3 Å². The molecular formula is C10H8ClNO6. The fraction of sp³-hybridized carbons (Fsp3) is 0.200. The van der Waals surface area contributed by atoms with E-state index in [9.17, 15) is 19.5 Å². The van der Waals surface area contributed by atoms with Crippen molar-refractivity contribution >= 4 is 29.3 Å². The van der Waals surface area contributed by atoms with E-state index in [0.29, 0.717) is 0 Å². The summed E-state index contributed by atoms with van der Waals surface area (Å²) in [5.41, 5.74) is -3.35. The van der Waals surface area contributed by atoms with Crippen LogP contribution in [0.4, 0.5) is 0 Å². The lowest BCUT2D eigenvalue weighted by Crippen LogP contribution is -2.48. The average molecular weight is 274 g/mol. The smallest absolute Gasteiger partial charge is 0.348 e. The predicted octanol–water partition coefficient (Wildman–Crippen LogP) is 0.208. The average Bonchev–Trinajstić information content (AvgIpc) is 2.29. The SMILES string of the molecule is O=C(CC(O)(C(=O)O)C(=O)O)c1ccc(Cl)cn1. The number of carboxylic acid groups (broad SMARTS) is 2. The van der Waals surface area contributed by atoms with Crippen LogP contribution in [0.2, 0.25) is 5.02 Å². The molecule has 18 heavy (non-hydrogen) atoms. The van der Waals surface area contributed by atoms with Crippen molar-refractivity contribution in [3.8, 4) is 0 Å². The minimum absolute atomic E-state index is 0.180. The van der Waals surface area contributed by atoms with Crippen molar-refractivity contribution in [2.24, 2.45) is 0 Å². The maximum absolute atomic E-state index is 11.6. The van der Waals surface area contributed by atoms with Gasteiger partial charge in [-0.2, -0.15) is 0 Å². The van der Waals surface area contributed by atoms with Crippen LogP contribution in [0, 0.1) is 0 Å². The second kappa shape index (κ2) is 5.11. The molecule has 7 nitrogen and oxygen atoms in total. The molecule has 1 aromatic rings. The van der Waals surface area contributed by atoms with Gasteiger partial charge >= 0.3 is 11.9 Å². The molecule has 3 N–H and O–H groups in total. The number of aromatic nitrogens is 1. The van der Waals surface area contributed by atoms with Crippen LogP contribution >= 0.6 is 11.6 Å². The maximum Gasteiger partial charge on any atom is 0.348 e. The van der Waals surface area contributed by atoms with E-state index in [4.69, 9.17) is 21.8 Å². The van der Waals surface area contributed by atoms with Gasteiger partial charge in [0.25, 0.3) is 5.60 Å². The number of ketones is 1. The summed E-state index contributed by atoms with van der Waals surface area (Å²) in [4.78, 5) is 36.5. The molecule has 1 rings (SSSR count). The molecule has 0 fully saturated rings. The zero-order chi connectivity index (χ0) is 13.9. The van der Waals surface area contributed by atoms with Gasteiger partial charge in [-0.05, 0) is 12.1 Å². The summed E-state index contributed by atoms with van der Waals surface area (Å²) in [5, 5.41) is 26.9. The summed E-state index contributed by atoms with van der Waals surface area (Å²) in [5.74, 6) is -4.95. The first-order valence-corrected chi connectivity index (χ1v) is 4.99. The summed E-state index contributed by atoms with van der Waals surface area (Å²) in [6.07, 6.45) is 0.0294. The first-order valence-electron chi connectivity index (χ1n) is 4.61. The van der Waals surface area contributed by atoms with Gasteiger partial charge in [-0.25, -0.2) is 9.59 Å². The normalized spacial score (nSPS) is 11.0. The second-order valence-corrected chi connectivity index (χ2v) is 3.87. The highest BCUT2D eigenvalue weighted by Gasteiger charge is 2.46. The number of aliphatic carboxylic acids is 2. The Labute approximate surface area is 106 Å². The minimum Gasteiger partial charge on any atom is -0.479 e. The monoisotopic (exact) mass is 273 g/mol. The van der Waals surface area contributed by atoms with Gasteiger partial charge in [0.1, 0.15) is 5.69 Å². The molecular weight excluding hydrogens is 266 g/mol. The van der Waals surface area contributed by atoms with Gasteiger partial charge in [-0.1, -0.05) is 11.6 Å². The quantitative estimate of drug-likeness (QED) is 0.517. The van der Waals surface area contributed by atoms with Crippen LogP contribution in [-0.4, -0.2) is 43.6 Å². The summed E-state index contributed by atoms with van der Waals surface area (Å²) < 4.78 is 0. The van der Waals surface area contributed by atoms with Crippen LogP contribution in [0.15, 0.2) is 18.3 Å². The largest absolute Gasteiger partial charge is 0.479 e. The summed E-state index contributed by atoms with van der Waals surface area (Å²) >= 11 is 5.54. The number of carbonyl (C=O) groups excluding carboxylic acids is 1. The molecule has 0 unspecified atom stereocenters. The molecule has 0 saturated heterocycles. The van der Waals surface area contributed by atoms with Gasteiger partial charge in [-0.15, -0.1) is 0 Å². The van der Waals surface area contributed by atoms with Crippen molar-refractivity contribution in [1.82, 2.24) is 4.98 Å². The van der Waals surface area contributed by atoms with E-state index in [-0.39, 0.29) is 10.7 Å². The van der Waals surface area contributed by atoms with E-state index in [2.05, 4.69) is 4.98 Å². The molecule has 0 atom stereocenters. The van der Waals surface area contributed by atoms with E-state index in [1.54, 1.807) is 0 Å². The molecule has 0 aliphatic heterocycles. The summed E-state index contributed by atoms with van der Waals surface area (Å²) in [6, 6.07) is 2.54. The highest BCUT2D eigenvalue weighted by atomic mass is 35.5. The number of halogens is 1. The van der Waals surface area contributed by atoms with Crippen molar-refractivity contribution in [2.75, 3.05) is 0 Å². The predicted molar refractivity (Wildman–Crippen MR) is 58.4 cm³/mol. The number of Topliss-reactive ketones (excluding diaryl/α,β-unsaturated/α-hetero) is 1. The van der Waals surface area contributed by atoms with Crippen molar-refractivity contribution in [3.63, 3.8) is 0 Å². The Hall–Kier alpha value is -1.99. The first-order chi connectivity index (χ1) is 8.27. The van der Waals surface area contributed by atoms with Crippen molar-refractivity contribution < 1.29 is 29.7 Å². The van der Waals surface area contributed by atoms with Crippen LogP contribution < -0.4 is 0 Å². The summed E-state index contributed by atoms with van der Waals surface area (Å²) in [6.45, 7) is 0. The van der Waals surface area contributed by atoms with Gasteiger partial charge in [0.05, 0.1) is 11.4 Å². The molecule has 0 bridgehead atoms. The third-order valence-corrected chi connectivity index (χ3v) is 2.36. The Bertz CT molecular complexity index is 484. The van der Waals surface area contributed by atoms with Crippen LogP contribution in [0.1, 0.15) is 16.9 Å². The maximum atomic E-state index is 11.6. The molecule has 8 heteroatoms. The number of hydrogen-bond acceptors (Lipinski definition) is 5. The zero-order valence-corrected chi connectivity index (χ0v) is 9.59. The number of hydrogen-bond donors (Lipinski definition) is 3. The van der Waals surface area contributed by atoms with Gasteiger partial charge in [0.15, 0.2) is 5.78 Å². The highest BCUT2D eigenvalue weighted by Crippen LogP contribution is 2.16. The lowest BCUT2D eigenvalue weighted by molar-refractivity contribution is -0.175. The van der Waals surface area contributed by atoms with E-state index < -0.39 is 29.7 Å². The Balaban J connectivity index is 2.96. The number of carboxylic acids is 2. The molecule has 0 amide bonds. The zero-order valence-electron chi connectivity index (χ0n) is 8.83. The number of aliphatic hydroxyl groups is 1. The van der Waals surface area contributed by atoms with E-state index in [0.717, 1.165) is 6.20 Å². The van der Waals surface area contributed by atoms with Crippen LogP contribution in [0.3, 0.4) is 0 Å². The number of pyridine rings is 1. The standard InChI is InChI=1S/C10H8ClNO6/c11-5-1-2-6(12-4-5)7(13)3-10(18,8(14)15)9(16)17/h1-2,4,18H,3H2,(H,14,15)(H,16,17). The fourth-order valence-corrected chi connectivity index (χ4v) is 1.22. The molecule has 0 radical (unpaired) electrons. The molecule has 0 saturated carbocycles. The van der Waals surface area contributed by atoms with Gasteiger partial charge in [0, 0.05) is 6.20 Å². The Morgan fingerprint density at radius 2 is 1.78 bits per heavy atom. The molecule has 96 valence electrons. The highest BCUT2D eigenvalue weighted by molar-refractivity contribution is 6.30. The Morgan fingerprint density at radius 1 is 1.22 bits per heavy atom. The molecule has 0 aromatic carbocycles. The lowest BCUT2D eigenvalue weighted by atomic mass is 9.96. The number of nitrogens with zero attached hydrogens (tertiary/aromatic N) is 1. The number of rotatable bonds is 5. The lowest BCUT2D eigenvalue weighted by Gasteiger charge is -2.16. The van der Waals surface area contributed by atoms with Crippen molar-refractivity contribution in [2.45, 2.75) is 12.0 Å². The molecule has 0 aliphatic carbocycles. The van der Waals surface area contributed by atoms with E-state index >= 15 is 0 Å². The number of carbonyl (C=O) groups is 3. The van der Waals surface area contributed by atoms with Crippen LogP contribution in [-0.2, 0) is 9.59 Å². The van der Waals surface area contributed by atoms with Crippen LogP contribution in [0.25, 0.3) is 0 Å². The van der Waals surface area contributed by atoms with E-state index in [1.807, 2.05) is 0 Å². The third-order valence-electron chi connectivity index (χ3n) is 2.14. The summed E-state index contributed by atoms with van der Waals surface area (Å²) in [7, 11) is 0. The van der Waals surface area contributed by atoms with E-state index in [1.165, 1.54) is 12.1 Å². The van der Waals surface area contributed by atoms with Gasteiger partial charge in [-0.3, -0.25) is 9.78 Å². The fourth-order valence-electron chi connectivity index (χ4n) is 1.11. The third kappa shape index (κ3) is 2.82. The molecule has 0 aliphatic rings. The Kier molecular flexibility index (Phi) is 4.00. The minimum atomic E-state index is -3.17. The molecule has 1 aromatic heterocycles.